The van der Waals surface area contributed by atoms with Gasteiger partial charge in [-0.05, 0) is 36.4 Å². The molecule has 2 unspecified atom stereocenters. The van der Waals surface area contributed by atoms with E-state index in [1.165, 1.54) is 5.56 Å². The quantitative estimate of drug-likeness (QED) is 0.835. The van der Waals surface area contributed by atoms with Crippen LogP contribution in [-0.4, -0.2) is 29.5 Å². The van der Waals surface area contributed by atoms with Gasteiger partial charge in [0.25, 0.3) is 0 Å². The lowest BCUT2D eigenvalue weighted by atomic mass is 10.1. The van der Waals surface area contributed by atoms with Gasteiger partial charge in [-0.1, -0.05) is 42.5 Å². The second-order valence-corrected chi connectivity index (χ2v) is 7.52. The normalized spacial score (nSPS) is 18.0. The van der Waals surface area contributed by atoms with Gasteiger partial charge in [0.15, 0.2) is 0 Å². The average molecular weight is 369 g/mol. The number of benzene rings is 2. The maximum absolute atomic E-state index is 12.6. The lowest BCUT2D eigenvalue weighted by Gasteiger charge is -2.25. The molecule has 2 aromatic rings. The van der Waals surface area contributed by atoms with Crippen LogP contribution in [0.3, 0.4) is 0 Å². The van der Waals surface area contributed by atoms with Crippen LogP contribution in [0.2, 0.25) is 0 Å². The van der Waals surface area contributed by atoms with Crippen molar-refractivity contribution in [1.29, 1.82) is 0 Å². The topological polar surface area (TPSA) is 49.4 Å². The number of amides is 2. The van der Waals surface area contributed by atoms with Gasteiger partial charge in [-0.15, -0.1) is 0 Å². The van der Waals surface area contributed by atoms with E-state index >= 15 is 0 Å². The van der Waals surface area contributed by atoms with Crippen molar-refractivity contribution in [3.05, 3.63) is 65.7 Å². The molecule has 2 amide bonds. The molecule has 0 radical (unpaired) electrons. The molecule has 3 rings (SSSR count). The van der Waals surface area contributed by atoms with Gasteiger partial charge in [-0.25, -0.2) is 0 Å². The molecular weight excluding hydrogens is 344 g/mol. The number of thioether (sulfide) groups is 1. The molecule has 2 atom stereocenters. The molecule has 0 aromatic heterocycles. The first-order valence-electron chi connectivity index (χ1n) is 8.81. The minimum atomic E-state index is -0.306. The SMILES string of the molecule is CSCc1ccc(NC(=O)C2CC(=O)N(C(C)c3ccccc3)C2)cc1. The summed E-state index contributed by atoms with van der Waals surface area (Å²) in [7, 11) is 0. The van der Waals surface area contributed by atoms with E-state index in [0.29, 0.717) is 6.54 Å². The highest BCUT2D eigenvalue weighted by Crippen LogP contribution is 2.29. The number of likely N-dealkylation sites (tertiary alicyclic amines) is 1. The van der Waals surface area contributed by atoms with Crippen molar-refractivity contribution >= 4 is 29.3 Å². The number of hydrogen-bond donors (Lipinski definition) is 1. The van der Waals surface area contributed by atoms with E-state index in [2.05, 4.69) is 11.6 Å². The van der Waals surface area contributed by atoms with Crippen LogP contribution in [0.15, 0.2) is 54.6 Å². The van der Waals surface area contributed by atoms with Crippen LogP contribution < -0.4 is 5.32 Å². The van der Waals surface area contributed by atoms with Crippen LogP contribution in [0.4, 0.5) is 5.69 Å². The van der Waals surface area contributed by atoms with Crippen LogP contribution in [0, 0.1) is 5.92 Å². The molecule has 1 aliphatic rings. The molecule has 0 spiro atoms. The van der Waals surface area contributed by atoms with Gasteiger partial charge in [0.1, 0.15) is 0 Å². The van der Waals surface area contributed by atoms with E-state index in [1.54, 1.807) is 16.7 Å². The Bertz CT molecular complexity index is 761. The Balaban J connectivity index is 1.61. The van der Waals surface area contributed by atoms with Gasteiger partial charge in [0.2, 0.25) is 11.8 Å². The second kappa shape index (κ2) is 8.41. The molecule has 1 aliphatic heterocycles. The van der Waals surface area contributed by atoms with Gasteiger partial charge >= 0.3 is 0 Å². The minimum Gasteiger partial charge on any atom is -0.335 e. The summed E-state index contributed by atoms with van der Waals surface area (Å²) in [5.74, 6) is 0.604. The van der Waals surface area contributed by atoms with Crippen molar-refractivity contribution < 1.29 is 9.59 Å². The minimum absolute atomic E-state index is 0.0210. The molecule has 1 fully saturated rings. The fraction of sp³-hybridized carbons (Fsp3) is 0.333. The fourth-order valence-corrected chi connectivity index (χ4v) is 3.81. The molecule has 2 aromatic carbocycles. The third-order valence-corrected chi connectivity index (χ3v) is 5.43. The second-order valence-electron chi connectivity index (χ2n) is 6.65. The van der Waals surface area contributed by atoms with Crippen molar-refractivity contribution in [2.24, 2.45) is 5.92 Å². The Morgan fingerprint density at radius 3 is 2.54 bits per heavy atom. The lowest BCUT2D eigenvalue weighted by molar-refractivity contribution is -0.129. The summed E-state index contributed by atoms with van der Waals surface area (Å²) in [6.07, 6.45) is 2.34. The third-order valence-electron chi connectivity index (χ3n) is 4.81. The summed E-state index contributed by atoms with van der Waals surface area (Å²) in [4.78, 5) is 26.8. The highest BCUT2D eigenvalue weighted by molar-refractivity contribution is 7.97. The number of hydrogen-bond acceptors (Lipinski definition) is 3. The Labute approximate surface area is 159 Å². The summed E-state index contributed by atoms with van der Waals surface area (Å²) in [6, 6.07) is 17.8. The molecule has 1 saturated heterocycles. The molecule has 0 saturated carbocycles. The maximum Gasteiger partial charge on any atom is 0.229 e. The first-order chi connectivity index (χ1) is 12.6. The van der Waals surface area contributed by atoms with Crippen LogP contribution in [0.25, 0.3) is 0 Å². The van der Waals surface area contributed by atoms with Gasteiger partial charge in [-0.2, -0.15) is 11.8 Å². The summed E-state index contributed by atoms with van der Waals surface area (Å²) in [5, 5.41) is 2.95. The fourth-order valence-electron chi connectivity index (χ4n) is 3.29. The van der Waals surface area contributed by atoms with Crippen LogP contribution in [0.1, 0.15) is 30.5 Å². The number of carbonyl (C=O) groups excluding carboxylic acids is 2. The molecule has 4 nitrogen and oxygen atoms in total. The van der Waals surface area contributed by atoms with Crippen LogP contribution >= 0.6 is 11.8 Å². The molecular formula is C21H24N2O2S. The molecule has 5 heteroatoms. The van der Waals surface area contributed by atoms with E-state index < -0.39 is 0 Å². The standard InChI is InChI=1S/C21H24N2O2S/c1-15(17-6-4-3-5-7-17)23-13-18(12-20(23)24)21(25)22-19-10-8-16(9-11-19)14-26-2/h3-11,15,18H,12-14H2,1-2H3,(H,22,25). The van der Waals surface area contributed by atoms with Crippen molar-refractivity contribution in [2.75, 3.05) is 18.1 Å². The number of anilines is 1. The van der Waals surface area contributed by atoms with Crippen LogP contribution in [-0.2, 0) is 15.3 Å². The summed E-state index contributed by atoms with van der Waals surface area (Å²) in [6.45, 7) is 2.48. The number of rotatable bonds is 6. The Morgan fingerprint density at radius 2 is 1.88 bits per heavy atom. The summed E-state index contributed by atoms with van der Waals surface area (Å²) >= 11 is 1.77. The third kappa shape index (κ3) is 4.28. The van der Waals surface area contributed by atoms with Crippen molar-refractivity contribution in [2.45, 2.75) is 25.1 Å². The molecule has 0 bridgehead atoms. The summed E-state index contributed by atoms with van der Waals surface area (Å²) < 4.78 is 0. The van der Waals surface area contributed by atoms with E-state index in [0.717, 1.165) is 17.0 Å². The van der Waals surface area contributed by atoms with E-state index in [9.17, 15) is 9.59 Å². The van der Waals surface area contributed by atoms with Crippen molar-refractivity contribution in [3.8, 4) is 0 Å². The molecule has 26 heavy (non-hydrogen) atoms. The van der Waals surface area contributed by atoms with Crippen molar-refractivity contribution in [1.82, 2.24) is 4.90 Å². The average Bonchev–Trinajstić information content (AvgIpc) is 3.05. The predicted molar refractivity (Wildman–Crippen MR) is 107 cm³/mol. The van der Waals surface area contributed by atoms with Gasteiger partial charge < -0.3 is 10.2 Å². The van der Waals surface area contributed by atoms with Crippen LogP contribution in [0.5, 0.6) is 0 Å². The van der Waals surface area contributed by atoms with E-state index in [4.69, 9.17) is 0 Å². The molecule has 1 N–H and O–H groups in total. The highest BCUT2D eigenvalue weighted by atomic mass is 32.2. The zero-order valence-corrected chi connectivity index (χ0v) is 16.0. The predicted octanol–water partition coefficient (Wildman–Crippen LogP) is 4.10. The zero-order chi connectivity index (χ0) is 18.5. The number of carbonyl (C=O) groups is 2. The number of nitrogens with one attached hydrogen (secondary N) is 1. The first-order valence-corrected chi connectivity index (χ1v) is 10.2. The first kappa shape index (κ1) is 18.5. The Morgan fingerprint density at radius 1 is 1.19 bits per heavy atom. The van der Waals surface area contributed by atoms with Gasteiger partial charge in [-0.3, -0.25) is 9.59 Å². The van der Waals surface area contributed by atoms with Gasteiger partial charge in [0, 0.05) is 24.4 Å². The largest absolute Gasteiger partial charge is 0.335 e. The molecule has 136 valence electrons. The maximum atomic E-state index is 12.6. The lowest BCUT2D eigenvalue weighted by Crippen LogP contribution is -2.30. The number of nitrogens with zero attached hydrogens (tertiary/aromatic N) is 1. The van der Waals surface area contributed by atoms with E-state index in [1.807, 2.05) is 61.5 Å². The Kier molecular flexibility index (Phi) is 5.99. The monoisotopic (exact) mass is 368 g/mol. The van der Waals surface area contributed by atoms with Crippen molar-refractivity contribution in [3.63, 3.8) is 0 Å². The highest BCUT2D eigenvalue weighted by Gasteiger charge is 2.36. The van der Waals surface area contributed by atoms with E-state index in [-0.39, 0.29) is 30.2 Å². The smallest absolute Gasteiger partial charge is 0.229 e. The molecule has 1 heterocycles. The van der Waals surface area contributed by atoms with Gasteiger partial charge in [0.05, 0.1) is 12.0 Å². The summed E-state index contributed by atoms with van der Waals surface area (Å²) in [5.41, 5.74) is 3.10. The molecule has 0 aliphatic carbocycles. The Hall–Kier alpha value is -2.27. The zero-order valence-electron chi connectivity index (χ0n) is 15.1.